The molecule has 2 rings (SSSR count). The lowest BCUT2D eigenvalue weighted by Crippen LogP contribution is -2.33. The van der Waals surface area contributed by atoms with Gasteiger partial charge in [-0.25, -0.2) is 5.43 Å². The highest BCUT2D eigenvalue weighted by atomic mass is 35.5. The first kappa shape index (κ1) is 19.8. The summed E-state index contributed by atoms with van der Waals surface area (Å²) < 4.78 is 11.1. The van der Waals surface area contributed by atoms with Crippen molar-refractivity contribution in [1.82, 2.24) is 5.43 Å². The first-order valence-electron chi connectivity index (χ1n) is 8.56. The number of carbonyl (C=O) groups is 1. The Labute approximate surface area is 159 Å². The van der Waals surface area contributed by atoms with Crippen molar-refractivity contribution in [2.45, 2.75) is 32.8 Å². The van der Waals surface area contributed by atoms with Crippen molar-refractivity contribution in [2.75, 3.05) is 6.61 Å². The van der Waals surface area contributed by atoms with Crippen LogP contribution in [0.15, 0.2) is 53.6 Å². The summed E-state index contributed by atoms with van der Waals surface area (Å²) in [7, 11) is 0. The molecule has 26 heavy (non-hydrogen) atoms. The summed E-state index contributed by atoms with van der Waals surface area (Å²) >= 11 is 5.89. The van der Waals surface area contributed by atoms with Gasteiger partial charge in [-0.05, 0) is 61.4 Å². The van der Waals surface area contributed by atoms with E-state index in [1.54, 1.807) is 37.4 Å². The summed E-state index contributed by atoms with van der Waals surface area (Å²) in [4.78, 5) is 12.0. The second-order valence-electron chi connectivity index (χ2n) is 5.72. The highest BCUT2D eigenvalue weighted by Gasteiger charge is 2.13. The molecule has 0 aromatic heterocycles. The minimum atomic E-state index is -0.694. The summed E-state index contributed by atoms with van der Waals surface area (Å²) in [5.74, 6) is 1.01. The van der Waals surface area contributed by atoms with Crippen LogP contribution < -0.4 is 14.9 Å². The van der Waals surface area contributed by atoms with Crippen LogP contribution in [0.25, 0.3) is 0 Å². The third-order valence-electron chi connectivity index (χ3n) is 3.51. The zero-order chi connectivity index (χ0) is 18.8. The molecule has 0 heterocycles. The molecule has 0 radical (unpaired) electrons. The van der Waals surface area contributed by atoms with Crippen LogP contribution in [0.5, 0.6) is 11.5 Å². The summed E-state index contributed by atoms with van der Waals surface area (Å²) in [5, 5.41) is 4.51. The second-order valence-corrected chi connectivity index (χ2v) is 6.16. The van der Waals surface area contributed by atoms with Crippen molar-refractivity contribution in [2.24, 2.45) is 5.10 Å². The molecule has 1 N–H and O–H groups in total. The van der Waals surface area contributed by atoms with Gasteiger partial charge in [-0.2, -0.15) is 5.10 Å². The fourth-order valence-corrected chi connectivity index (χ4v) is 2.22. The Balaban J connectivity index is 1.80. The fourth-order valence-electron chi connectivity index (χ4n) is 2.04. The molecular weight excluding hydrogens is 352 g/mol. The Morgan fingerprint density at radius 1 is 1.23 bits per heavy atom. The number of unbranched alkanes of at least 4 members (excludes halogenated alkanes) is 1. The number of rotatable bonds is 9. The molecular formula is C20H23ClN2O3. The van der Waals surface area contributed by atoms with Crippen molar-refractivity contribution in [3.05, 3.63) is 59.1 Å². The zero-order valence-corrected chi connectivity index (χ0v) is 15.7. The predicted octanol–water partition coefficient (Wildman–Crippen LogP) is 4.44. The lowest BCUT2D eigenvalue weighted by molar-refractivity contribution is -0.127. The van der Waals surface area contributed by atoms with E-state index in [1.165, 1.54) is 0 Å². The fraction of sp³-hybridized carbons (Fsp3) is 0.300. The zero-order valence-electron chi connectivity index (χ0n) is 14.9. The van der Waals surface area contributed by atoms with E-state index < -0.39 is 6.10 Å². The van der Waals surface area contributed by atoms with Crippen LogP contribution in [0.1, 0.15) is 32.3 Å². The second kappa shape index (κ2) is 10.5. The molecule has 0 aliphatic carbocycles. The number of nitrogens with zero attached hydrogens (tertiary/aromatic N) is 1. The molecule has 0 saturated carbocycles. The van der Waals surface area contributed by atoms with Gasteiger partial charge >= 0.3 is 0 Å². The maximum atomic E-state index is 12.0. The molecule has 1 unspecified atom stereocenters. The SMILES string of the molecule is CCCCOc1ccc(/C=N/NC(=O)C(C)Oc2cccc(Cl)c2)cc1. The Morgan fingerprint density at radius 3 is 2.69 bits per heavy atom. The van der Waals surface area contributed by atoms with E-state index >= 15 is 0 Å². The van der Waals surface area contributed by atoms with E-state index in [-0.39, 0.29) is 5.91 Å². The van der Waals surface area contributed by atoms with Crippen LogP contribution in [-0.2, 0) is 4.79 Å². The molecule has 0 aliphatic heterocycles. The maximum Gasteiger partial charge on any atom is 0.280 e. The molecule has 1 atom stereocenters. The van der Waals surface area contributed by atoms with Gasteiger partial charge in [0.15, 0.2) is 6.10 Å². The Hall–Kier alpha value is -2.53. The van der Waals surface area contributed by atoms with Gasteiger partial charge in [-0.15, -0.1) is 0 Å². The molecule has 138 valence electrons. The molecule has 5 nitrogen and oxygen atoms in total. The van der Waals surface area contributed by atoms with E-state index in [9.17, 15) is 4.79 Å². The van der Waals surface area contributed by atoms with Gasteiger partial charge in [0.1, 0.15) is 11.5 Å². The van der Waals surface area contributed by atoms with Gasteiger partial charge in [-0.1, -0.05) is 31.0 Å². The van der Waals surface area contributed by atoms with Gasteiger partial charge in [0.2, 0.25) is 0 Å². The van der Waals surface area contributed by atoms with Crippen molar-refractivity contribution in [3.8, 4) is 11.5 Å². The Morgan fingerprint density at radius 2 is 2.00 bits per heavy atom. The van der Waals surface area contributed by atoms with E-state index in [4.69, 9.17) is 21.1 Å². The topological polar surface area (TPSA) is 59.9 Å². The predicted molar refractivity (Wildman–Crippen MR) is 104 cm³/mol. The molecule has 2 aromatic rings. The molecule has 0 saturated heterocycles. The van der Waals surface area contributed by atoms with Gasteiger partial charge in [0, 0.05) is 5.02 Å². The number of hydrazone groups is 1. The first-order chi connectivity index (χ1) is 12.6. The average Bonchev–Trinajstić information content (AvgIpc) is 2.63. The van der Waals surface area contributed by atoms with Crippen LogP contribution in [0.3, 0.4) is 0 Å². The first-order valence-corrected chi connectivity index (χ1v) is 8.94. The van der Waals surface area contributed by atoms with E-state index in [0.717, 1.165) is 24.2 Å². The quantitative estimate of drug-likeness (QED) is 0.401. The van der Waals surface area contributed by atoms with Crippen LogP contribution >= 0.6 is 11.6 Å². The van der Waals surface area contributed by atoms with Gasteiger partial charge in [-0.3, -0.25) is 4.79 Å². The van der Waals surface area contributed by atoms with Crippen LogP contribution in [0.4, 0.5) is 0 Å². The van der Waals surface area contributed by atoms with Gasteiger partial charge < -0.3 is 9.47 Å². The van der Waals surface area contributed by atoms with E-state index in [1.807, 2.05) is 24.3 Å². The normalized spacial score (nSPS) is 12.0. The Kier molecular flexibility index (Phi) is 7.96. The third-order valence-corrected chi connectivity index (χ3v) is 3.75. The van der Waals surface area contributed by atoms with Gasteiger partial charge in [0.25, 0.3) is 5.91 Å². The number of benzene rings is 2. The average molecular weight is 375 g/mol. The van der Waals surface area contributed by atoms with Crippen LogP contribution in [-0.4, -0.2) is 24.8 Å². The highest BCUT2D eigenvalue weighted by Crippen LogP contribution is 2.18. The number of ether oxygens (including phenoxy) is 2. The molecule has 2 aromatic carbocycles. The smallest absolute Gasteiger partial charge is 0.280 e. The van der Waals surface area contributed by atoms with Crippen LogP contribution in [0.2, 0.25) is 5.02 Å². The Bertz CT molecular complexity index is 732. The highest BCUT2D eigenvalue weighted by molar-refractivity contribution is 6.30. The summed E-state index contributed by atoms with van der Waals surface area (Å²) in [5.41, 5.74) is 3.32. The molecule has 0 aliphatic rings. The van der Waals surface area contributed by atoms with E-state index in [2.05, 4.69) is 17.5 Å². The molecule has 0 spiro atoms. The minimum Gasteiger partial charge on any atom is -0.494 e. The number of amides is 1. The third kappa shape index (κ3) is 6.76. The number of hydrogen-bond acceptors (Lipinski definition) is 4. The van der Waals surface area contributed by atoms with Crippen molar-refractivity contribution < 1.29 is 14.3 Å². The van der Waals surface area contributed by atoms with Crippen molar-refractivity contribution >= 4 is 23.7 Å². The molecule has 0 bridgehead atoms. The minimum absolute atomic E-state index is 0.347. The molecule has 1 amide bonds. The van der Waals surface area contributed by atoms with Crippen LogP contribution in [0, 0.1) is 0 Å². The number of carbonyl (C=O) groups excluding carboxylic acids is 1. The maximum absolute atomic E-state index is 12.0. The van der Waals surface area contributed by atoms with Gasteiger partial charge in [0.05, 0.1) is 12.8 Å². The monoisotopic (exact) mass is 374 g/mol. The summed E-state index contributed by atoms with van der Waals surface area (Å²) in [6.45, 7) is 4.48. The van der Waals surface area contributed by atoms with E-state index in [0.29, 0.717) is 17.4 Å². The number of halogens is 1. The van der Waals surface area contributed by atoms with Crippen molar-refractivity contribution in [1.29, 1.82) is 0 Å². The number of hydrogen-bond donors (Lipinski definition) is 1. The molecule has 6 heteroatoms. The summed E-state index contributed by atoms with van der Waals surface area (Å²) in [6, 6.07) is 14.4. The van der Waals surface area contributed by atoms with Crippen molar-refractivity contribution in [3.63, 3.8) is 0 Å². The summed E-state index contributed by atoms with van der Waals surface area (Å²) in [6.07, 6.45) is 3.01. The lowest BCUT2D eigenvalue weighted by Gasteiger charge is -2.12. The standard InChI is InChI=1S/C20H23ClN2O3/c1-3-4-12-25-18-10-8-16(9-11-18)14-22-23-20(24)15(2)26-19-7-5-6-17(21)13-19/h5-11,13-15H,3-4,12H2,1-2H3,(H,23,24)/b22-14+. The lowest BCUT2D eigenvalue weighted by atomic mass is 10.2. The number of nitrogens with one attached hydrogen (secondary N) is 1. The largest absolute Gasteiger partial charge is 0.494 e. The molecule has 0 fully saturated rings.